The van der Waals surface area contributed by atoms with Gasteiger partial charge >= 0.3 is 0 Å². The van der Waals surface area contributed by atoms with Gasteiger partial charge in [-0.1, -0.05) is 30.3 Å². The maximum atomic E-state index is 4.25. The molecule has 0 saturated heterocycles. The number of hydrogen-bond donors (Lipinski definition) is 0. The summed E-state index contributed by atoms with van der Waals surface area (Å²) in [7, 11) is 0. The maximum Gasteiger partial charge on any atom is 0.177 e. The normalized spacial score (nSPS) is 10.8. The van der Waals surface area contributed by atoms with Gasteiger partial charge in [0.05, 0.1) is 18.1 Å². The predicted octanol–water partition coefficient (Wildman–Crippen LogP) is 1.91. The Morgan fingerprint density at radius 3 is 2.76 bits per heavy atom. The lowest BCUT2D eigenvalue weighted by atomic mass is 10.1. The fourth-order valence-electron chi connectivity index (χ4n) is 1.89. The van der Waals surface area contributed by atoms with E-state index in [9.17, 15) is 0 Å². The smallest absolute Gasteiger partial charge is 0.177 e. The number of aromatic nitrogens is 4. The highest BCUT2D eigenvalue weighted by Crippen LogP contribution is 2.07. The molecule has 0 radical (unpaired) electrons. The quantitative estimate of drug-likeness (QED) is 0.682. The Balaban J connectivity index is 1.84. The highest BCUT2D eigenvalue weighted by atomic mass is 15.3. The molecule has 0 aliphatic heterocycles. The summed E-state index contributed by atoms with van der Waals surface area (Å²) in [6, 6.07) is 12.3. The average Bonchev–Trinajstić information content (AvgIpc) is 2.86. The molecule has 0 fully saturated rings. The number of hydrogen-bond acceptors (Lipinski definition) is 3. The first-order valence-electron chi connectivity index (χ1n) is 5.62. The van der Waals surface area contributed by atoms with Crippen molar-refractivity contribution in [3.05, 3.63) is 60.0 Å². The van der Waals surface area contributed by atoms with Crippen molar-refractivity contribution in [1.82, 2.24) is 19.8 Å². The van der Waals surface area contributed by atoms with Crippen LogP contribution in [0.5, 0.6) is 0 Å². The second-order valence-electron chi connectivity index (χ2n) is 3.92. The third-order valence-electron chi connectivity index (χ3n) is 2.77. The maximum absolute atomic E-state index is 4.25. The number of aryl methyl sites for hydroxylation is 2. The Labute approximate surface area is 98.9 Å². The van der Waals surface area contributed by atoms with Crippen LogP contribution in [0.25, 0.3) is 5.65 Å². The molecule has 0 aliphatic rings. The third kappa shape index (κ3) is 2.01. The van der Waals surface area contributed by atoms with Crippen LogP contribution in [0.1, 0.15) is 11.3 Å². The van der Waals surface area contributed by atoms with Gasteiger partial charge in [0.25, 0.3) is 0 Å². The van der Waals surface area contributed by atoms with E-state index in [1.54, 1.807) is 12.4 Å². The number of benzene rings is 1. The molecule has 3 rings (SSSR count). The molecular formula is C13H12N4. The summed E-state index contributed by atoms with van der Waals surface area (Å²) >= 11 is 0. The molecule has 0 atom stereocenters. The molecule has 84 valence electrons. The molecule has 2 aromatic heterocycles. The number of rotatable bonds is 3. The van der Waals surface area contributed by atoms with Crippen molar-refractivity contribution in [2.45, 2.75) is 12.8 Å². The van der Waals surface area contributed by atoms with Gasteiger partial charge in [0.15, 0.2) is 5.65 Å². The van der Waals surface area contributed by atoms with E-state index in [2.05, 4.69) is 39.6 Å². The summed E-state index contributed by atoms with van der Waals surface area (Å²) in [5.41, 5.74) is 3.21. The summed E-state index contributed by atoms with van der Waals surface area (Å²) in [4.78, 5) is 0. The Kier molecular flexibility index (Phi) is 2.54. The van der Waals surface area contributed by atoms with Gasteiger partial charge in [-0.15, -0.1) is 5.10 Å². The molecule has 0 saturated carbocycles. The zero-order valence-corrected chi connectivity index (χ0v) is 9.32. The number of fused-ring (bicyclic) bond motifs is 1. The van der Waals surface area contributed by atoms with E-state index >= 15 is 0 Å². The van der Waals surface area contributed by atoms with Crippen molar-refractivity contribution in [2.75, 3.05) is 0 Å². The summed E-state index contributed by atoms with van der Waals surface area (Å²) < 4.78 is 1.84. The van der Waals surface area contributed by atoms with Crippen molar-refractivity contribution in [1.29, 1.82) is 0 Å². The molecule has 0 aliphatic carbocycles. The van der Waals surface area contributed by atoms with Crippen LogP contribution < -0.4 is 0 Å². The van der Waals surface area contributed by atoms with Gasteiger partial charge in [-0.05, 0) is 18.4 Å². The van der Waals surface area contributed by atoms with Gasteiger partial charge < -0.3 is 0 Å². The largest absolute Gasteiger partial charge is 0.216 e. The lowest BCUT2D eigenvalue weighted by molar-refractivity contribution is 0.782. The SMILES string of the molecule is c1ccc(CCc2cnnc3ccnn23)cc1. The van der Waals surface area contributed by atoms with E-state index in [0.717, 1.165) is 24.2 Å². The summed E-state index contributed by atoms with van der Waals surface area (Å²) in [6.07, 6.45) is 5.43. The Morgan fingerprint density at radius 2 is 1.88 bits per heavy atom. The minimum absolute atomic E-state index is 0.801. The standard InChI is InChI=1S/C13H12N4/c1-2-4-11(5-3-1)6-7-12-10-14-16-13-8-9-15-17(12)13/h1-5,8-10H,6-7H2. The molecule has 0 unspecified atom stereocenters. The third-order valence-corrected chi connectivity index (χ3v) is 2.77. The average molecular weight is 224 g/mol. The van der Waals surface area contributed by atoms with E-state index < -0.39 is 0 Å². The second-order valence-corrected chi connectivity index (χ2v) is 3.92. The van der Waals surface area contributed by atoms with Crippen LogP contribution >= 0.6 is 0 Å². The first-order valence-corrected chi connectivity index (χ1v) is 5.62. The highest BCUT2D eigenvalue weighted by Gasteiger charge is 2.03. The van der Waals surface area contributed by atoms with E-state index in [1.807, 2.05) is 16.6 Å². The Morgan fingerprint density at radius 1 is 1.00 bits per heavy atom. The van der Waals surface area contributed by atoms with Gasteiger partial charge in [0, 0.05) is 6.07 Å². The van der Waals surface area contributed by atoms with Crippen molar-refractivity contribution < 1.29 is 0 Å². The molecule has 0 N–H and O–H groups in total. The lowest BCUT2D eigenvalue weighted by Crippen LogP contribution is -2.03. The van der Waals surface area contributed by atoms with E-state index in [4.69, 9.17) is 0 Å². The molecule has 4 heteroatoms. The minimum Gasteiger partial charge on any atom is -0.216 e. The van der Waals surface area contributed by atoms with Crippen molar-refractivity contribution in [3.63, 3.8) is 0 Å². The van der Waals surface area contributed by atoms with Crippen LogP contribution in [0.2, 0.25) is 0 Å². The Bertz CT molecular complexity index is 615. The topological polar surface area (TPSA) is 43.1 Å². The second kappa shape index (κ2) is 4.33. The van der Waals surface area contributed by atoms with Crippen LogP contribution in [0.4, 0.5) is 0 Å². The molecular weight excluding hydrogens is 212 g/mol. The van der Waals surface area contributed by atoms with Crippen LogP contribution in [0.3, 0.4) is 0 Å². The van der Waals surface area contributed by atoms with Crippen molar-refractivity contribution in [2.24, 2.45) is 0 Å². The predicted molar refractivity (Wildman–Crippen MR) is 64.6 cm³/mol. The van der Waals surface area contributed by atoms with Gasteiger partial charge in [-0.3, -0.25) is 0 Å². The summed E-state index contributed by atoms with van der Waals surface area (Å²) in [6.45, 7) is 0. The van der Waals surface area contributed by atoms with E-state index in [-0.39, 0.29) is 0 Å². The van der Waals surface area contributed by atoms with Gasteiger partial charge in [-0.25, -0.2) is 4.52 Å². The van der Waals surface area contributed by atoms with Crippen molar-refractivity contribution in [3.8, 4) is 0 Å². The van der Waals surface area contributed by atoms with Gasteiger partial charge in [0.1, 0.15) is 0 Å². The lowest BCUT2D eigenvalue weighted by Gasteiger charge is -2.03. The molecule has 0 spiro atoms. The first kappa shape index (κ1) is 9.96. The molecule has 17 heavy (non-hydrogen) atoms. The van der Waals surface area contributed by atoms with E-state index in [1.165, 1.54) is 5.56 Å². The van der Waals surface area contributed by atoms with Crippen LogP contribution in [-0.4, -0.2) is 19.8 Å². The fourth-order valence-corrected chi connectivity index (χ4v) is 1.89. The zero-order valence-electron chi connectivity index (χ0n) is 9.32. The summed E-state index contributed by atoms with van der Waals surface area (Å²) in [5.74, 6) is 0. The Hall–Kier alpha value is -2.23. The zero-order chi connectivity index (χ0) is 11.5. The van der Waals surface area contributed by atoms with E-state index in [0.29, 0.717) is 0 Å². The van der Waals surface area contributed by atoms with Gasteiger partial charge in [-0.2, -0.15) is 10.2 Å². The van der Waals surface area contributed by atoms with Crippen LogP contribution in [-0.2, 0) is 12.8 Å². The monoisotopic (exact) mass is 224 g/mol. The molecule has 2 heterocycles. The van der Waals surface area contributed by atoms with Crippen molar-refractivity contribution >= 4 is 5.65 Å². The van der Waals surface area contributed by atoms with Crippen LogP contribution in [0.15, 0.2) is 48.8 Å². The molecule has 0 amide bonds. The summed E-state index contributed by atoms with van der Waals surface area (Å²) in [5, 5.41) is 12.2. The van der Waals surface area contributed by atoms with Crippen LogP contribution in [0, 0.1) is 0 Å². The van der Waals surface area contributed by atoms with Gasteiger partial charge in [0.2, 0.25) is 0 Å². The highest BCUT2D eigenvalue weighted by molar-refractivity contribution is 5.35. The molecule has 4 nitrogen and oxygen atoms in total. The molecule has 3 aromatic rings. The first-order chi connectivity index (χ1) is 8.43. The minimum atomic E-state index is 0.801. The fraction of sp³-hybridized carbons (Fsp3) is 0.154. The molecule has 0 bridgehead atoms. The molecule has 1 aromatic carbocycles. The number of nitrogens with zero attached hydrogens (tertiary/aromatic N) is 4.